The van der Waals surface area contributed by atoms with Crippen molar-refractivity contribution in [1.82, 2.24) is 9.97 Å². The van der Waals surface area contributed by atoms with Gasteiger partial charge in [0, 0.05) is 11.8 Å². The lowest BCUT2D eigenvalue weighted by Gasteiger charge is -2.05. The van der Waals surface area contributed by atoms with Gasteiger partial charge >= 0.3 is 5.69 Å². The van der Waals surface area contributed by atoms with Crippen LogP contribution < -0.4 is 5.69 Å². The third-order valence-electron chi connectivity index (χ3n) is 1.61. The van der Waals surface area contributed by atoms with E-state index >= 15 is 0 Å². The summed E-state index contributed by atoms with van der Waals surface area (Å²) in [6.07, 6.45) is 6.74. The smallest absolute Gasteiger partial charge is 0.298 e. The summed E-state index contributed by atoms with van der Waals surface area (Å²) in [6, 6.07) is 0. The van der Waals surface area contributed by atoms with Crippen molar-refractivity contribution in [1.29, 1.82) is 0 Å². The number of H-pyrrole nitrogens is 1. The van der Waals surface area contributed by atoms with Crippen molar-refractivity contribution in [2.75, 3.05) is 0 Å². The molecule has 0 aliphatic heterocycles. The molecule has 0 aromatic carbocycles. The van der Waals surface area contributed by atoms with Gasteiger partial charge in [-0.15, -0.1) is 6.42 Å². The molecule has 1 rings (SSSR count). The van der Waals surface area contributed by atoms with E-state index in [1.165, 1.54) is 6.20 Å². The zero-order valence-corrected chi connectivity index (χ0v) is 7.09. The van der Waals surface area contributed by atoms with Crippen LogP contribution in [0, 0.1) is 12.3 Å². The maximum absolute atomic E-state index is 10.8. The number of hydrogen-bond acceptors (Lipinski definition) is 2. The molecule has 0 saturated heterocycles. The monoisotopic (exact) mass is 162 g/mol. The molecule has 0 saturated carbocycles. The molecule has 0 fully saturated rings. The zero-order valence-electron chi connectivity index (χ0n) is 7.09. The minimum Gasteiger partial charge on any atom is -0.298 e. The third kappa shape index (κ3) is 1.54. The van der Waals surface area contributed by atoms with Gasteiger partial charge < -0.3 is 0 Å². The lowest BCUT2D eigenvalue weighted by molar-refractivity contribution is 0.832. The highest BCUT2D eigenvalue weighted by Crippen LogP contribution is 2.13. The third-order valence-corrected chi connectivity index (χ3v) is 1.61. The largest absolute Gasteiger partial charge is 0.345 e. The van der Waals surface area contributed by atoms with E-state index < -0.39 is 5.69 Å². The van der Waals surface area contributed by atoms with E-state index in [4.69, 9.17) is 6.42 Å². The van der Waals surface area contributed by atoms with E-state index in [1.54, 1.807) is 0 Å². The average Bonchev–Trinajstić information content (AvgIpc) is 2.03. The van der Waals surface area contributed by atoms with Crippen LogP contribution in [0.2, 0.25) is 0 Å². The Morgan fingerprint density at radius 2 is 2.33 bits per heavy atom. The lowest BCUT2D eigenvalue weighted by atomic mass is 10.0. The Labute approximate surface area is 70.9 Å². The molecule has 1 aromatic heterocycles. The summed E-state index contributed by atoms with van der Waals surface area (Å²) in [6.45, 7) is 3.99. The first-order valence-corrected chi connectivity index (χ1v) is 3.71. The van der Waals surface area contributed by atoms with Crippen LogP contribution in [0.5, 0.6) is 0 Å². The Hall–Kier alpha value is -1.56. The number of nitrogens with zero attached hydrogens (tertiary/aromatic N) is 1. The van der Waals surface area contributed by atoms with Gasteiger partial charge in [0.2, 0.25) is 0 Å². The molecule has 1 N–H and O–H groups in total. The molecular weight excluding hydrogens is 152 g/mol. The highest BCUT2D eigenvalue weighted by atomic mass is 16.1. The Bertz CT molecular complexity index is 371. The molecule has 1 heterocycles. The van der Waals surface area contributed by atoms with Crippen LogP contribution >= 0.6 is 0 Å². The molecule has 62 valence electrons. The number of rotatable bonds is 1. The summed E-state index contributed by atoms with van der Waals surface area (Å²) < 4.78 is 0. The van der Waals surface area contributed by atoms with Gasteiger partial charge in [0.05, 0.1) is 5.69 Å². The molecule has 0 unspecified atom stereocenters. The first-order valence-electron chi connectivity index (χ1n) is 3.71. The molecule has 0 aliphatic carbocycles. The van der Waals surface area contributed by atoms with E-state index in [0.29, 0.717) is 5.69 Å². The molecule has 0 atom stereocenters. The second kappa shape index (κ2) is 3.22. The van der Waals surface area contributed by atoms with Crippen LogP contribution in [-0.4, -0.2) is 9.97 Å². The van der Waals surface area contributed by atoms with Crippen molar-refractivity contribution in [3.8, 4) is 12.3 Å². The predicted octanol–water partition coefficient (Wildman–Crippen LogP) is 0.875. The van der Waals surface area contributed by atoms with Gasteiger partial charge in [0.25, 0.3) is 0 Å². The predicted molar refractivity (Wildman–Crippen MR) is 46.9 cm³/mol. The molecule has 1 aromatic rings. The highest BCUT2D eigenvalue weighted by molar-refractivity contribution is 5.33. The van der Waals surface area contributed by atoms with Crippen molar-refractivity contribution < 1.29 is 0 Å². The van der Waals surface area contributed by atoms with Gasteiger partial charge in [0.1, 0.15) is 0 Å². The van der Waals surface area contributed by atoms with Gasteiger partial charge in [-0.25, -0.2) is 9.78 Å². The fourth-order valence-electron chi connectivity index (χ4n) is 0.961. The first-order chi connectivity index (χ1) is 5.65. The quantitative estimate of drug-likeness (QED) is 0.623. The SMILES string of the molecule is C#Cc1[nH]c(=O)ncc1C(C)C. The van der Waals surface area contributed by atoms with Gasteiger partial charge in [-0.05, 0) is 5.92 Å². The molecule has 3 nitrogen and oxygen atoms in total. The maximum Gasteiger partial charge on any atom is 0.345 e. The standard InChI is InChI=1S/C9H10N2O/c1-4-8-7(6(2)3)5-10-9(12)11-8/h1,5-6H,2-3H3,(H,10,11,12). The van der Waals surface area contributed by atoms with Crippen molar-refractivity contribution in [2.45, 2.75) is 19.8 Å². The van der Waals surface area contributed by atoms with E-state index in [0.717, 1.165) is 5.56 Å². The van der Waals surface area contributed by atoms with Crippen molar-refractivity contribution in [2.24, 2.45) is 0 Å². The average molecular weight is 162 g/mol. The van der Waals surface area contributed by atoms with Crippen LogP contribution in [0.25, 0.3) is 0 Å². The maximum atomic E-state index is 10.8. The second-order valence-electron chi connectivity index (χ2n) is 2.82. The number of aromatic nitrogens is 2. The molecule has 0 radical (unpaired) electrons. The molecule has 0 bridgehead atoms. The van der Waals surface area contributed by atoms with Gasteiger partial charge in [-0.2, -0.15) is 0 Å². The molecule has 0 spiro atoms. The van der Waals surface area contributed by atoms with Crippen LogP contribution in [-0.2, 0) is 0 Å². The van der Waals surface area contributed by atoms with Crippen molar-refractivity contribution in [3.05, 3.63) is 27.9 Å². The van der Waals surface area contributed by atoms with Crippen molar-refractivity contribution in [3.63, 3.8) is 0 Å². The minimum atomic E-state index is -0.396. The van der Waals surface area contributed by atoms with Gasteiger partial charge in [0.15, 0.2) is 0 Å². The molecule has 0 aliphatic rings. The second-order valence-corrected chi connectivity index (χ2v) is 2.82. The van der Waals surface area contributed by atoms with E-state index in [1.807, 2.05) is 13.8 Å². The van der Waals surface area contributed by atoms with Gasteiger partial charge in [-0.3, -0.25) is 4.98 Å². The number of nitrogens with one attached hydrogen (secondary N) is 1. The summed E-state index contributed by atoms with van der Waals surface area (Å²) in [5, 5.41) is 0. The number of hydrogen-bond donors (Lipinski definition) is 1. The van der Waals surface area contributed by atoms with Crippen LogP contribution in [0.3, 0.4) is 0 Å². The van der Waals surface area contributed by atoms with Gasteiger partial charge in [-0.1, -0.05) is 19.8 Å². The van der Waals surface area contributed by atoms with Crippen LogP contribution in [0.4, 0.5) is 0 Å². The van der Waals surface area contributed by atoms with E-state index in [-0.39, 0.29) is 5.92 Å². The van der Waals surface area contributed by atoms with E-state index in [9.17, 15) is 4.79 Å². The number of terminal acetylenes is 1. The zero-order chi connectivity index (χ0) is 9.14. The molecule has 3 heteroatoms. The summed E-state index contributed by atoms with van der Waals surface area (Å²) in [5.74, 6) is 2.70. The van der Waals surface area contributed by atoms with E-state index in [2.05, 4.69) is 15.9 Å². The lowest BCUT2D eigenvalue weighted by Crippen LogP contribution is -2.13. The van der Waals surface area contributed by atoms with Crippen LogP contribution in [0.15, 0.2) is 11.0 Å². The van der Waals surface area contributed by atoms with Crippen molar-refractivity contribution >= 4 is 0 Å². The van der Waals surface area contributed by atoms with Crippen LogP contribution in [0.1, 0.15) is 31.0 Å². The summed E-state index contributed by atoms with van der Waals surface area (Å²) >= 11 is 0. The fraction of sp³-hybridized carbons (Fsp3) is 0.333. The fourth-order valence-corrected chi connectivity index (χ4v) is 0.961. The topological polar surface area (TPSA) is 45.8 Å². The summed E-state index contributed by atoms with van der Waals surface area (Å²) in [4.78, 5) is 16.9. The Kier molecular flexibility index (Phi) is 2.29. The number of aromatic amines is 1. The first kappa shape index (κ1) is 8.54. The Balaban J connectivity index is 3.32. The Morgan fingerprint density at radius 3 is 2.83 bits per heavy atom. The normalized spacial score (nSPS) is 9.83. The summed E-state index contributed by atoms with van der Waals surface area (Å²) in [7, 11) is 0. The summed E-state index contributed by atoms with van der Waals surface area (Å²) in [5.41, 5.74) is 1.04. The minimum absolute atomic E-state index is 0.278. The highest BCUT2D eigenvalue weighted by Gasteiger charge is 2.05. The Morgan fingerprint density at radius 1 is 1.67 bits per heavy atom. The molecule has 0 amide bonds. The molecule has 12 heavy (non-hydrogen) atoms. The molecular formula is C9H10N2O.